The maximum atomic E-state index is 4.12. The van der Waals surface area contributed by atoms with Crippen LogP contribution < -0.4 is 5.32 Å². The summed E-state index contributed by atoms with van der Waals surface area (Å²) in [5, 5.41) is 3.37. The first-order valence-corrected chi connectivity index (χ1v) is 5.53. The first-order chi connectivity index (χ1) is 7.36. The molecule has 1 fully saturated rings. The van der Waals surface area contributed by atoms with E-state index in [4.69, 9.17) is 0 Å². The van der Waals surface area contributed by atoms with Gasteiger partial charge in [0, 0.05) is 25.3 Å². The lowest BCUT2D eigenvalue weighted by molar-refractivity contribution is 0.345. The topological polar surface area (TPSA) is 15.3 Å². The van der Waals surface area contributed by atoms with Crippen molar-refractivity contribution >= 4 is 0 Å². The highest BCUT2D eigenvalue weighted by molar-refractivity contribution is 5.16. The molecule has 2 rings (SSSR count). The Bertz CT molecular complexity index is 319. The first-order valence-electron chi connectivity index (χ1n) is 5.53. The van der Waals surface area contributed by atoms with E-state index >= 15 is 0 Å². The minimum absolute atomic E-state index is 0.923. The number of nitrogens with zero attached hydrogens (tertiary/aromatic N) is 1. The zero-order chi connectivity index (χ0) is 10.5. The van der Waals surface area contributed by atoms with Crippen LogP contribution >= 0.6 is 0 Å². The van der Waals surface area contributed by atoms with Gasteiger partial charge in [-0.05, 0) is 18.5 Å². The number of hydrogen-bond donors (Lipinski definition) is 1. The Morgan fingerprint density at radius 2 is 2.07 bits per heavy atom. The first kappa shape index (κ1) is 10.2. The summed E-state index contributed by atoms with van der Waals surface area (Å²) in [6.45, 7) is 8.24. The van der Waals surface area contributed by atoms with Crippen LogP contribution in [-0.2, 0) is 6.54 Å². The third-order valence-corrected chi connectivity index (χ3v) is 2.77. The minimum Gasteiger partial charge on any atom is -0.370 e. The van der Waals surface area contributed by atoms with Crippen LogP contribution in [0.25, 0.3) is 0 Å². The SMILES string of the molecule is C=C1CNCCCN1Cc1ccccc1. The molecule has 0 atom stereocenters. The molecule has 1 aromatic carbocycles. The van der Waals surface area contributed by atoms with Crippen molar-refractivity contribution in [1.29, 1.82) is 0 Å². The van der Waals surface area contributed by atoms with Crippen LogP contribution in [-0.4, -0.2) is 24.5 Å². The van der Waals surface area contributed by atoms with Gasteiger partial charge in [-0.25, -0.2) is 0 Å². The van der Waals surface area contributed by atoms with Crippen molar-refractivity contribution in [3.05, 3.63) is 48.2 Å². The molecule has 0 saturated carbocycles. The molecule has 0 unspecified atom stereocenters. The third-order valence-electron chi connectivity index (χ3n) is 2.77. The second-order valence-electron chi connectivity index (χ2n) is 4.00. The van der Waals surface area contributed by atoms with Gasteiger partial charge in [-0.3, -0.25) is 0 Å². The Hall–Kier alpha value is -1.28. The van der Waals surface area contributed by atoms with E-state index in [9.17, 15) is 0 Å². The lowest BCUT2D eigenvalue weighted by atomic mass is 10.2. The van der Waals surface area contributed by atoms with E-state index in [0.717, 1.165) is 26.2 Å². The number of nitrogens with one attached hydrogen (secondary N) is 1. The van der Waals surface area contributed by atoms with Crippen LogP contribution in [0.5, 0.6) is 0 Å². The molecule has 1 N–H and O–H groups in total. The van der Waals surface area contributed by atoms with Crippen LogP contribution in [0.1, 0.15) is 12.0 Å². The van der Waals surface area contributed by atoms with Crippen LogP contribution in [0.15, 0.2) is 42.6 Å². The number of benzene rings is 1. The molecule has 1 saturated heterocycles. The van der Waals surface area contributed by atoms with Gasteiger partial charge in [0.15, 0.2) is 0 Å². The van der Waals surface area contributed by atoms with Crippen molar-refractivity contribution in [3.8, 4) is 0 Å². The highest BCUT2D eigenvalue weighted by Gasteiger charge is 2.10. The fraction of sp³-hybridized carbons (Fsp3) is 0.385. The molecule has 0 bridgehead atoms. The van der Waals surface area contributed by atoms with Crippen molar-refractivity contribution in [2.45, 2.75) is 13.0 Å². The van der Waals surface area contributed by atoms with E-state index in [1.165, 1.54) is 17.7 Å². The molecular weight excluding hydrogens is 184 g/mol. The summed E-state index contributed by atoms with van der Waals surface area (Å²) in [7, 11) is 0. The molecule has 15 heavy (non-hydrogen) atoms. The van der Waals surface area contributed by atoms with Crippen LogP contribution in [0.2, 0.25) is 0 Å². The Morgan fingerprint density at radius 1 is 1.27 bits per heavy atom. The summed E-state index contributed by atoms with van der Waals surface area (Å²) in [6.07, 6.45) is 1.20. The average Bonchev–Trinajstić information content (AvgIpc) is 2.46. The van der Waals surface area contributed by atoms with E-state index in [1.807, 2.05) is 0 Å². The molecule has 0 spiro atoms. The lowest BCUT2D eigenvalue weighted by Crippen LogP contribution is -2.24. The van der Waals surface area contributed by atoms with Gasteiger partial charge in [-0.15, -0.1) is 0 Å². The quantitative estimate of drug-likeness (QED) is 0.789. The zero-order valence-corrected chi connectivity index (χ0v) is 9.08. The van der Waals surface area contributed by atoms with Gasteiger partial charge < -0.3 is 10.2 Å². The third kappa shape index (κ3) is 2.83. The Morgan fingerprint density at radius 3 is 2.87 bits per heavy atom. The molecule has 0 aliphatic carbocycles. The maximum Gasteiger partial charge on any atom is 0.0426 e. The number of hydrogen-bond acceptors (Lipinski definition) is 2. The zero-order valence-electron chi connectivity index (χ0n) is 9.08. The standard InChI is InChI=1S/C13H18N2/c1-12-10-14-8-5-9-15(12)11-13-6-3-2-4-7-13/h2-4,6-7,14H,1,5,8-11H2. The van der Waals surface area contributed by atoms with Gasteiger partial charge in [0.05, 0.1) is 0 Å². The van der Waals surface area contributed by atoms with Crippen molar-refractivity contribution in [2.75, 3.05) is 19.6 Å². The highest BCUT2D eigenvalue weighted by atomic mass is 15.2. The predicted octanol–water partition coefficient (Wildman–Crippen LogP) is 2.00. The predicted molar refractivity (Wildman–Crippen MR) is 63.5 cm³/mol. The highest BCUT2D eigenvalue weighted by Crippen LogP contribution is 2.11. The van der Waals surface area contributed by atoms with Gasteiger partial charge in [0.25, 0.3) is 0 Å². The Kier molecular flexibility index (Phi) is 3.41. The fourth-order valence-corrected chi connectivity index (χ4v) is 1.89. The fourth-order valence-electron chi connectivity index (χ4n) is 1.89. The Labute approximate surface area is 91.6 Å². The van der Waals surface area contributed by atoms with Gasteiger partial charge in [0.1, 0.15) is 0 Å². The summed E-state index contributed by atoms with van der Waals surface area (Å²) in [5.74, 6) is 0. The summed E-state index contributed by atoms with van der Waals surface area (Å²) < 4.78 is 0. The van der Waals surface area contributed by atoms with Crippen molar-refractivity contribution in [2.24, 2.45) is 0 Å². The smallest absolute Gasteiger partial charge is 0.0426 e. The van der Waals surface area contributed by atoms with Gasteiger partial charge in [-0.2, -0.15) is 0 Å². The average molecular weight is 202 g/mol. The molecular formula is C13H18N2. The molecule has 1 aromatic rings. The van der Waals surface area contributed by atoms with Crippen LogP contribution in [0.4, 0.5) is 0 Å². The van der Waals surface area contributed by atoms with E-state index in [1.54, 1.807) is 0 Å². The molecule has 2 nitrogen and oxygen atoms in total. The number of rotatable bonds is 2. The van der Waals surface area contributed by atoms with E-state index in [2.05, 4.69) is 47.1 Å². The van der Waals surface area contributed by atoms with Crippen molar-refractivity contribution < 1.29 is 0 Å². The van der Waals surface area contributed by atoms with Crippen molar-refractivity contribution in [1.82, 2.24) is 10.2 Å². The molecule has 80 valence electrons. The molecule has 1 aliphatic rings. The second-order valence-corrected chi connectivity index (χ2v) is 4.00. The molecule has 1 heterocycles. The maximum absolute atomic E-state index is 4.12. The summed E-state index contributed by atoms with van der Waals surface area (Å²) in [5.41, 5.74) is 2.57. The Balaban J connectivity index is 2.01. The molecule has 2 heteroatoms. The summed E-state index contributed by atoms with van der Waals surface area (Å²) in [6, 6.07) is 10.6. The molecule has 0 radical (unpaired) electrons. The second kappa shape index (κ2) is 4.99. The molecule has 1 aliphatic heterocycles. The van der Waals surface area contributed by atoms with Crippen LogP contribution in [0.3, 0.4) is 0 Å². The van der Waals surface area contributed by atoms with Gasteiger partial charge >= 0.3 is 0 Å². The van der Waals surface area contributed by atoms with Gasteiger partial charge in [-0.1, -0.05) is 36.9 Å². The normalized spacial score (nSPS) is 17.6. The van der Waals surface area contributed by atoms with Crippen LogP contribution in [0, 0.1) is 0 Å². The van der Waals surface area contributed by atoms with Gasteiger partial charge in [0.2, 0.25) is 0 Å². The largest absolute Gasteiger partial charge is 0.370 e. The van der Waals surface area contributed by atoms with E-state index in [0.29, 0.717) is 0 Å². The monoisotopic (exact) mass is 202 g/mol. The van der Waals surface area contributed by atoms with Crippen molar-refractivity contribution in [3.63, 3.8) is 0 Å². The molecule has 0 aromatic heterocycles. The molecule has 0 amide bonds. The lowest BCUT2D eigenvalue weighted by Gasteiger charge is -2.24. The van der Waals surface area contributed by atoms with E-state index < -0.39 is 0 Å². The summed E-state index contributed by atoms with van der Waals surface area (Å²) in [4.78, 5) is 2.37. The summed E-state index contributed by atoms with van der Waals surface area (Å²) >= 11 is 0. The minimum atomic E-state index is 0.923. The van der Waals surface area contributed by atoms with E-state index in [-0.39, 0.29) is 0 Å².